The molecule has 0 N–H and O–H groups in total. The number of esters is 1. The first kappa shape index (κ1) is 15.7. The lowest BCUT2D eigenvalue weighted by Gasteiger charge is -2.08. The van der Waals surface area contributed by atoms with Crippen LogP contribution in [0.1, 0.15) is 9.67 Å². The second-order valence-corrected chi connectivity index (χ2v) is 6.56. The Bertz CT molecular complexity index is 785. The van der Waals surface area contributed by atoms with Crippen LogP contribution in [0.15, 0.2) is 34.5 Å². The molecule has 21 heavy (non-hydrogen) atoms. The number of carbonyl (C=O) groups excluding carboxylic acids is 1. The monoisotopic (exact) mass is 350 g/mol. The molecule has 9 heteroatoms. The number of carbonyl (C=O) groups is 1. The number of benzene rings is 1. The molecule has 2 aromatic rings. The molecule has 0 saturated heterocycles. The molecule has 112 valence electrons. The largest absolute Gasteiger partial charge is 0.465 e. The van der Waals surface area contributed by atoms with Crippen molar-refractivity contribution >= 4 is 39.0 Å². The highest BCUT2D eigenvalue weighted by molar-refractivity contribution is 7.87. The predicted octanol–water partition coefficient (Wildman–Crippen LogP) is 3.09. The summed E-state index contributed by atoms with van der Waals surface area (Å²) in [7, 11) is -3.15. The first-order valence-corrected chi connectivity index (χ1v) is 8.07. The minimum atomic E-state index is -4.29. The summed E-state index contributed by atoms with van der Waals surface area (Å²) in [5.41, 5.74) is 0. The van der Waals surface area contributed by atoms with E-state index in [1.165, 1.54) is 11.4 Å². The summed E-state index contributed by atoms with van der Waals surface area (Å²) in [5.74, 6) is -1.66. The van der Waals surface area contributed by atoms with Gasteiger partial charge in [-0.25, -0.2) is 9.18 Å². The molecule has 0 unspecified atom stereocenters. The molecule has 5 nitrogen and oxygen atoms in total. The lowest BCUT2D eigenvalue weighted by molar-refractivity contribution is 0.0602. The summed E-state index contributed by atoms with van der Waals surface area (Å²) in [5, 5.41) is 1.21. The van der Waals surface area contributed by atoms with Crippen LogP contribution in [0.25, 0.3) is 0 Å². The van der Waals surface area contributed by atoms with Gasteiger partial charge in [-0.2, -0.15) is 8.42 Å². The van der Waals surface area contributed by atoms with Crippen LogP contribution in [0.5, 0.6) is 5.75 Å². The van der Waals surface area contributed by atoms with E-state index in [1.807, 2.05) is 0 Å². The number of methoxy groups -OCH3 is 1. The van der Waals surface area contributed by atoms with E-state index < -0.39 is 21.9 Å². The molecule has 0 aliphatic rings. The van der Waals surface area contributed by atoms with Crippen molar-refractivity contribution in [3.8, 4) is 5.75 Å². The number of hydrogen-bond acceptors (Lipinski definition) is 6. The molecule has 0 saturated carbocycles. The zero-order chi connectivity index (χ0) is 15.6. The van der Waals surface area contributed by atoms with Gasteiger partial charge in [0.1, 0.15) is 15.6 Å². The van der Waals surface area contributed by atoms with Crippen molar-refractivity contribution in [2.24, 2.45) is 0 Å². The molecule has 2 rings (SSSR count). The number of halogens is 2. The Morgan fingerprint density at radius 2 is 2.05 bits per heavy atom. The molecular formula is C12H8ClFO5S2. The molecular weight excluding hydrogens is 343 g/mol. The van der Waals surface area contributed by atoms with Gasteiger partial charge in [-0.1, -0.05) is 11.6 Å². The van der Waals surface area contributed by atoms with E-state index in [-0.39, 0.29) is 20.5 Å². The molecule has 1 heterocycles. The highest BCUT2D eigenvalue weighted by Crippen LogP contribution is 2.30. The molecule has 0 aliphatic heterocycles. The van der Waals surface area contributed by atoms with Gasteiger partial charge < -0.3 is 8.92 Å². The van der Waals surface area contributed by atoms with Crippen molar-refractivity contribution in [3.63, 3.8) is 0 Å². The standard InChI is InChI=1S/C12H8ClFO5S2/c1-18-12(15)11-10(4-5-20-11)21(16,17)19-9-3-2-7(14)6-8(9)13/h2-6H,1H3. The summed E-state index contributed by atoms with van der Waals surface area (Å²) in [6.45, 7) is 0. The zero-order valence-electron chi connectivity index (χ0n) is 10.5. The first-order valence-electron chi connectivity index (χ1n) is 5.40. The van der Waals surface area contributed by atoms with Gasteiger partial charge in [-0.15, -0.1) is 11.3 Å². The van der Waals surface area contributed by atoms with E-state index in [9.17, 15) is 17.6 Å². The minimum absolute atomic E-state index is 0.115. The Morgan fingerprint density at radius 1 is 1.33 bits per heavy atom. The lowest BCUT2D eigenvalue weighted by atomic mass is 10.3. The van der Waals surface area contributed by atoms with Crippen molar-refractivity contribution in [1.29, 1.82) is 0 Å². The normalized spacial score (nSPS) is 11.2. The summed E-state index contributed by atoms with van der Waals surface area (Å²) < 4.78 is 46.6. The number of thiophene rings is 1. The van der Waals surface area contributed by atoms with Gasteiger partial charge in [0.25, 0.3) is 0 Å². The minimum Gasteiger partial charge on any atom is -0.465 e. The third-order valence-electron chi connectivity index (χ3n) is 2.36. The lowest BCUT2D eigenvalue weighted by Crippen LogP contribution is -2.13. The fourth-order valence-corrected chi connectivity index (χ4v) is 3.95. The Balaban J connectivity index is 2.39. The van der Waals surface area contributed by atoms with Crippen LogP contribution in [-0.2, 0) is 14.9 Å². The quantitative estimate of drug-likeness (QED) is 0.626. The topological polar surface area (TPSA) is 69.7 Å². The van der Waals surface area contributed by atoms with Crippen molar-refractivity contribution in [2.75, 3.05) is 7.11 Å². The third kappa shape index (κ3) is 3.34. The molecule has 0 spiro atoms. The van der Waals surface area contributed by atoms with Crippen LogP contribution in [-0.4, -0.2) is 21.5 Å². The second-order valence-electron chi connectivity index (χ2n) is 3.72. The van der Waals surface area contributed by atoms with Crippen molar-refractivity contribution in [1.82, 2.24) is 0 Å². The van der Waals surface area contributed by atoms with Gasteiger partial charge in [-0.3, -0.25) is 0 Å². The SMILES string of the molecule is COC(=O)c1sccc1S(=O)(=O)Oc1ccc(F)cc1Cl. The maximum Gasteiger partial charge on any atom is 0.349 e. The van der Waals surface area contributed by atoms with Gasteiger partial charge in [0, 0.05) is 0 Å². The highest BCUT2D eigenvalue weighted by atomic mass is 35.5. The average Bonchev–Trinajstić information content (AvgIpc) is 2.91. The third-order valence-corrected chi connectivity index (χ3v) is 4.96. The van der Waals surface area contributed by atoms with Crippen molar-refractivity contribution in [2.45, 2.75) is 4.90 Å². The zero-order valence-corrected chi connectivity index (χ0v) is 12.9. The summed E-state index contributed by atoms with van der Waals surface area (Å²) in [6.07, 6.45) is 0. The molecule has 0 fully saturated rings. The van der Waals surface area contributed by atoms with E-state index >= 15 is 0 Å². The smallest absolute Gasteiger partial charge is 0.349 e. The Labute approximate surface area is 129 Å². The molecule has 0 atom stereocenters. The van der Waals surface area contributed by atoms with Crippen LogP contribution in [0.2, 0.25) is 5.02 Å². The maximum atomic E-state index is 12.9. The van der Waals surface area contributed by atoms with Gasteiger partial charge in [0.15, 0.2) is 5.75 Å². The highest BCUT2D eigenvalue weighted by Gasteiger charge is 2.27. The van der Waals surface area contributed by atoms with E-state index in [2.05, 4.69) is 4.74 Å². The number of hydrogen-bond donors (Lipinski definition) is 0. The summed E-state index contributed by atoms with van der Waals surface area (Å²) >= 11 is 6.61. The molecule has 0 radical (unpaired) electrons. The van der Waals surface area contributed by atoms with Crippen LogP contribution >= 0.6 is 22.9 Å². The molecule has 1 aromatic carbocycles. The van der Waals surface area contributed by atoms with Crippen molar-refractivity contribution < 1.29 is 26.5 Å². The molecule has 0 amide bonds. The summed E-state index contributed by atoms with van der Waals surface area (Å²) in [4.78, 5) is 11.0. The van der Waals surface area contributed by atoms with E-state index in [0.717, 1.165) is 36.6 Å². The Kier molecular flexibility index (Phi) is 4.50. The van der Waals surface area contributed by atoms with E-state index in [0.29, 0.717) is 0 Å². The van der Waals surface area contributed by atoms with Gasteiger partial charge in [0.2, 0.25) is 0 Å². The molecule has 0 bridgehead atoms. The fraction of sp³-hybridized carbons (Fsp3) is 0.0833. The van der Waals surface area contributed by atoms with E-state index in [4.69, 9.17) is 15.8 Å². The Hall–Kier alpha value is -1.64. The van der Waals surface area contributed by atoms with Gasteiger partial charge >= 0.3 is 16.1 Å². The average molecular weight is 351 g/mol. The second kappa shape index (κ2) is 6.00. The van der Waals surface area contributed by atoms with Gasteiger partial charge in [0.05, 0.1) is 12.1 Å². The Morgan fingerprint density at radius 3 is 2.67 bits per heavy atom. The molecule has 1 aromatic heterocycles. The number of ether oxygens (including phenoxy) is 1. The number of rotatable bonds is 4. The van der Waals surface area contributed by atoms with Crippen LogP contribution in [0.4, 0.5) is 4.39 Å². The fourth-order valence-electron chi connectivity index (χ4n) is 1.44. The predicted molar refractivity (Wildman–Crippen MR) is 74.9 cm³/mol. The molecule has 0 aliphatic carbocycles. The maximum absolute atomic E-state index is 12.9. The van der Waals surface area contributed by atoms with Crippen molar-refractivity contribution in [3.05, 3.63) is 45.4 Å². The summed E-state index contributed by atoms with van der Waals surface area (Å²) in [6, 6.07) is 4.22. The first-order chi connectivity index (χ1) is 9.85. The van der Waals surface area contributed by atoms with Crippen LogP contribution in [0.3, 0.4) is 0 Å². The van der Waals surface area contributed by atoms with Crippen LogP contribution in [0, 0.1) is 5.82 Å². The van der Waals surface area contributed by atoms with Gasteiger partial charge in [-0.05, 0) is 29.6 Å². The van der Waals surface area contributed by atoms with E-state index in [1.54, 1.807) is 0 Å². The van der Waals surface area contributed by atoms with Crippen LogP contribution < -0.4 is 4.18 Å².